The van der Waals surface area contributed by atoms with E-state index < -0.39 is 5.97 Å². The molecule has 0 amide bonds. The number of hydrogen-bond acceptors (Lipinski definition) is 1. The summed E-state index contributed by atoms with van der Waals surface area (Å²) < 4.78 is 1.07. The summed E-state index contributed by atoms with van der Waals surface area (Å²) in [4.78, 5) is 11.4. The number of rotatable bonds is 3. The van der Waals surface area contributed by atoms with Crippen molar-refractivity contribution in [3.05, 3.63) is 68.3 Å². The Bertz CT molecular complexity index is 616. The summed E-state index contributed by atoms with van der Waals surface area (Å²) in [5.41, 5.74) is 1.75. The lowest BCUT2D eigenvalue weighted by atomic mass is 10.0. The molecule has 0 aliphatic rings. The number of carboxylic acid groups (broad SMARTS) is 1. The number of carboxylic acids is 1. The third kappa shape index (κ3) is 3.81. The number of aliphatic carboxylic acids is 1. The molecule has 0 atom stereocenters. The minimum absolute atomic E-state index is 0.263. The topological polar surface area (TPSA) is 37.3 Å². The molecule has 19 heavy (non-hydrogen) atoms. The van der Waals surface area contributed by atoms with E-state index in [2.05, 4.69) is 22.6 Å². The van der Waals surface area contributed by atoms with Crippen molar-refractivity contribution < 1.29 is 9.90 Å². The van der Waals surface area contributed by atoms with Gasteiger partial charge in [0.05, 0.1) is 5.57 Å². The molecule has 0 aliphatic heterocycles. The number of benzene rings is 2. The van der Waals surface area contributed by atoms with E-state index >= 15 is 0 Å². The largest absolute Gasteiger partial charge is 0.478 e. The molecule has 0 bridgehead atoms. The highest BCUT2D eigenvalue weighted by molar-refractivity contribution is 14.1. The summed E-state index contributed by atoms with van der Waals surface area (Å²) in [7, 11) is 0. The van der Waals surface area contributed by atoms with Crippen molar-refractivity contribution >= 4 is 51.8 Å². The van der Waals surface area contributed by atoms with Crippen molar-refractivity contribution in [1.82, 2.24) is 0 Å². The summed E-state index contributed by atoms with van der Waals surface area (Å²) in [5, 5.41) is 9.94. The third-order valence-corrected chi connectivity index (χ3v) is 3.54. The molecule has 0 radical (unpaired) electrons. The molecule has 4 heteroatoms. The molecule has 0 heterocycles. The standard InChI is InChI=1S/C15H10ClIO2/c16-12-5-1-10(2-6-12)9-14(15(18)19)11-3-7-13(17)8-4-11/h1-9H,(H,18,19)/b14-9-. The summed E-state index contributed by atoms with van der Waals surface area (Å²) in [5.74, 6) is -0.948. The van der Waals surface area contributed by atoms with Crippen LogP contribution in [-0.2, 0) is 4.79 Å². The number of hydrogen-bond donors (Lipinski definition) is 1. The Morgan fingerprint density at radius 2 is 1.63 bits per heavy atom. The van der Waals surface area contributed by atoms with Crippen LogP contribution >= 0.6 is 34.2 Å². The van der Waals surface area contributed by atoms with Gasteiger partial charge in [-0.3, -0.25) is 0 Å². The Labute approximate surface area is 129 Å². The molecule has 0 aliphatic carbocycles. The van der Waals surface area contributed by atoms with E-state index in [9.17, 15) is 9.90 Å². The van der Waals surface area contributed by atoms with Gasteiger partial charge in [0.25, 0.3) is 0 Å². The summed E-state index contributed by atoms with van der Waals surface area (Å²) >= 11 is 7.99. The highest BCUT2D eigenvalue weighted by Crippen LogP contribution is 2.21. The van der Waals surface area contributed by atoms with E-state index in [1.54, 1.807) is 42.5 Å². The quantitative estimate of drug-likeness (QED) is 0.478. The van der Waals surface area contributed by atoms with Gasteiger partial charge in [-0.25, -0.2) is 4.79 Å². The maximum absolute atomic E-state index is 11.4. The molecule has 0 spiro atoms. The van der Waals surface area contributed by atoms with E-state index in [1.807, 2.05) is 12.1 Å². The van der Waals surface area contributed by atoms with Gasteiger partial charge in [-0.2, -0.15) is 0 Å². The van der Waals surface area contributed by atoms with Crippen LogP contribution in [0, 0.1) is 3.57 Å². The predicted octanol–water partition coefficient (Wildman–Crippen LogP) is 4.57. The summed E-state index contributed by atoms with van der Waals surface area (Å²) in [6, 6.07) is 14.4. The van der Waals surface area contributed by atoms with Crippen molar-refractivity contribution in [1.29, 1.82) is 0 Å². The molecule has 1 N–H and O–H groups in total. The van der Waals surface area contributed by atoms with E-state index in [-0.39, 0.29) is 5.57 Å². The lowest BCUT2D eigenvalue weighted by Gasteiger charge is -2.03. The van der Waals surface area contributed by atoms with Crippen LogP contribution in [0.4, 0.5) is 0 Å². The zero-order chi connectivity index (χ0) is 13.8. The molecule has 0 saturated heterocycles. The van der Waals surface area contributed by atoms with Gasteiger partial charge >= 0.3 is 5.97 Å². The van der Waals surface area contributed by atoms with Crippen LogP contribution < -0.4 is 0 Å². The third-order valence-electron chi connectivity index (χ3n) is 2.57. The predicted molar refractivity (Wildman–Crippen MR) is 86.1 cm³/mol. The van der Waals surface area contributed by atoms with Gasteiger partial charge in [0, 0.05) is 8.59 Å². The first kappa shape index (κ1) is 14.1. The molecular formula is C15H10ClIO2. The zero-order valence-corrected chi connectivity index (χ0v) is 12.7. The van der Waals surface area contributed by atoms with Crippen LogP contribution in [0.1, 0.15) is 11.1 Å². The molecule has 0 fully saturated rings. The molecule has 2 aromatic rings. The average molecular weight is 385 g/mol. The van der Waals surface area contributed by atoms with Gasteiger partial charge in [-0.1, -0.05) is 35.9 Å². The molecule has 96 valence electrons. The fraction of sp³-hybridized carbons (Fsp3) is 0. The van der Waals surface area contributed by atoms with Gasteiger partial charge in [-0.15, -0.1) is 0 Å². The second-order valence-corrected chi connectivity index (χ2v) is 5.60. The van der Waals surface area contributed by atoms with Crippen molar-refractivity contribution in [3.8, 4) is 0 Å². The second-order valence-electron chi connectivity index (χ2n) is 3.92. The van der Waals surface area contributed by atoms with Crippen molar-refractivity contribution in [2.75, 3.05) is 0 Å². The lowest BCUT2D eigenvalue weighted by molar-refractivity contribution is -0.130. The normalized spacial score (nSPS) is 11.4. The summed E-state index contributed by atoms with van der Waals surface area (Å²) in [6.45, 7) is 0. The first-order valence-corrected chi connectivity index (χ1v) is 6.98. The average Bonchev–Trinajstić information content (AvgIpc) is 2.39. The minimum Gasteiger partial charge on any atom is -0.478 e. The molecule has 0 unspecified atom stereocenters. The maximum Gasteiger partial charge on any atom is 0.336 e. The minimum atomic E-state index is -0.948. The van der Waals surface area contributed by atoms with E-state index in [0.29, 0.717) is 10.6 Å². The van der Waals surface area contributed by atoms with Crippen LogP contribution in [0.25, 0.3) is 11.6 Å². The van der Waals surface area contributed by atoms with Crippen LogP contribution in [0.5, 0.6) is 0 Å². The SMILES string of the molecule is O=C(O)/C(=C\c1ccc(Cl)cc1)c1ccc(I)cc1. The maximum atomic E-state index is 11.4. The van der Waals surface area contributed by atoms with Crippen molar-refractivity contribution in [3.63, 3.8) is 0 Å². The van der Waals surface area contributed by atoms with Crippen LogP contribution in [0.15, 0.2) is 48.5 Å². The second kappa shape index (κ2) is 6.21. The molecule has 0 aromatic heterocycles. The Kier molecular flexibility index (Phi) is 4.61. The number of halogens is 2. The molecule has 2 aromatic carbocycles. The Hall–Kier alpha value is -1.33. The van der Waals surface area contributed by atoms with E-state index in [4.69, 9.17) is 11.6 Å². The first-order chi connectivity index (χ1) is 9.06. The van der Waals surface area contributed by atoms with E-state index in [0.717, 1.165) is 9.13 Å². The monoisotopic (exact) mass is 384 g/mol. The number of carbonyl (C=O) groups is 1. The molecule has 0 saturated carbocycles. The smallest absolute Gasteiger partial charge is 0.336 e. The van der Waals surface area contributed by atoms with Crippen LogP contribution in [0.2, 0.25) is 5.02 Å². The first-order valence-electron chi connectivity index (χ1n) is 5.53. The van der Waals surface area contributed by atoms with Gasteiger partial charge in [-0.05, 0) is 64.1 Å². The van der Waals surface area contributed by atoms with Gasteiger partial charge in [0.2, 0.25) is 0 Å². The summed E-state index contributed by atoms with van der Waals surface area (Å²) in [6.07, 6.45) is 1.64. The van der Waals surface area contributed by atoms with Gasteiger partial charge in [0.1, 0.15) is 0 Å². The molecule has 2 rings (SSSR count). The fourth-order valence-electron chi connectivity index (χ4n) is 1.62. The van der Waals surface area contributed by atoms with Crippen LogP contribution in [0.3, 0.4) is 0 Å². The van der Waals surface area contributed by atoms with Gasteiger partial charge < -0.3 is 5.11 Å². The molecule has 2 nitrogen and oxygen atoms in total. The van der Waals surface area contributed by atoms with Gasteiger partial charge in [0.15, 0.2) is 0 Å². The Morgan fingerprint density at radius 1 is 1.05 bits per heavy atom. The highest BCUT2D eigenvalue weighted by atomic mass is 127. The highest BCUT2D eigenvalue weighted by Gasteiger charge is 2.10. The van der Waals surface area contributed by atoms with E-state index in [1.165, 1.54) is 0 Å². The van der Waals surface area contributed by atoms with Crippen LogP contribution in [-0.4, -0.2) is 11.1 Å². The zero-order valence-electron chi connectivity index (χ0n) is 9.81. The Balaban J connectivity index is 2.43. The fourth-order valence-corrected chi connectivity index (χ4v) is 2.11. The van der Waals surface area contributed by atoms with Crippen molar-refractivity contribution in [2.24, 2.45) is 0 Å². The molecular weight excluding hydrogens is 375 g/mol. The van der Waals surface area contributed by atoms with Crippen molar-refractivity contribution in [2.45, 2.75) is 0 Å². The Morgan fingerprint density at radius 3 is 2.16 bits per heavy atom. The lowest BCUT2D eigenvalue weighted by Crippen LogP contribution is -1.99.